The van der Waals surface area contributed by atoms with Crippen LogP contribution in [0.3, 0.4) is 0 Å². The number of hydrogen-bond donors (Lipinski definition) is 2. The summed E-state index contributed by atoms with van der Waals surface area (Å²) in [6, 6.07) is 12.8. The van der Waals surface area contributed by atoms with E-state index < -0.39 is 0 Å². The Morgan fingerprint density at radius 1 is 1.18 bits per heavy atom. The molecular formula is C22H26Cl2N2O2. The molecule has 2 N–H and O–H groups in total. The molecule has 4 nitrogen and oxygen atoms in total. The summed E-state index contributed by atoms with van der Waals surface area (Å²) in [4.78, 5) is 12.0. The molecule has 6 heteroatoms. The average molecular weight is 421 g/mol. The van der Waals surface area contributed by atoms with E-state index >= 15 is 0 Å². The molecule has 0 heterocycles. The third-order valence-electron chi connectivity index (χ3n) is 4.42. The highest BCUT2D eigenvalue weighted by atomic mass is 35.5. The van der Waals surface area contributed by atoms with Gasteiger partial charge >= 0.3 is 6.03 Å². The van der Waals surface area contributed by atoms with E-state index in [9.17, 15) is 4.79 Å². The van der Waals surface area contributed by atoms with E-state index in [0.717, 1.165) is 24.2 Å². The average Bonchev–Trinajstić information content (AvgIpc) is 2.69. The maximum absolute atomic E-state index is 12.0. The van der Waals surface area contributed by atoms with Gasteiger partial charge in [-0.1, -0.05) is 48.3 Å². The Hall–Kier alpha value is -2.17. The number of benzene rings is 2. The van der Waals surface area contributed by atoms with Gasteiger partial charge in [0.1, 0.15) is 5.75 Å². The molecule has 0 fully saturated rings. The molecule has 0 aliphatic heterocycles. The Labute approximate surface area is 176 Å². The molecule has 2 aromatic carbocycles. The van der Waals surface area contributed by atoms with E-state index in [1.807, 2.05) is 18.2 Å². The number of anilines is 1. The van der Waals surface area contributed by atoms with Gasteiger partial charge in [-0.25, -0.2) is 4.79 Å². The van der Waals surface area contributed by atoms with Crippen LogP contribution >= 0.6 is 23.2 Å². The molecule has 0 aliphatic carbocycles. The minimum Gasteiger partial charge on any atom is -0.497 e. The molecule has 0 radical (unpaired) electrons. The van der Waals surface area contributed by atoms with Crippen LogP contribution in [0.5, 0.6) is 5.75 Å². The molecule has 1 unspecified atom stereocenters. The number of nitrogens with one attached hydrogen (secondary N) is 2. The maximum atomic E-state index is 12.0. The molecule has 0 bridgehead atoms. The largest absolute Gasteiger partial charge is 0.497 e. The highest BCUT2D eigenvalue weighted by Gasteiger charge is 2.07. The molecule has 1 atom stereocenters. The van der Waals surface area contributed by atoms with Gasteiger partial charge in [0.05, 0.1) is 17.2 Å². The predicted molar refractivity (Wildman–Crippen MR) is 119 cm³/mol. The zero-order valence-electron chi connectivity index (χ0n) is 16.4. The number of carbonyl (C=O) groups is 1. The van der Waals surface area contributed by atoms with E-state index in [1.165, 1.54) is 5.57 Å². The number of rotatable bonds is 8. The van der Waals surface area contributed by atoms with Crippen LogP contribution in [0.1, 0.15) is 32.3 Å². The first kappa shape index (κ1) is 22.1. The van der Waals surface area contributed by atoms with Gasteiger partial charge in [-0.15, -0.1) is 0 Å². The van der Waals surface area contributed by atoms with Crippen LogP contribution in [0.15, 0.2) is 48.5 Å². The van der Waals surface area contributed by atoms with Gasteiger partial charge < -0.3 is 15.4 Å². The molecule has 2 aromatic rings. The fraction of sp³-hybridized carbons (Fsp3) is 0.318. The number of hydrogen-bond acceptors (Lipinski definition) is 2. The summed E-state index contributed by atoms with van der Waals surface area (Å²) in [6.45, 7) is 4.82. The van der Waals surface area contributed by atoms with E-state index in [1.54, 1.807) is 25.3 Å². The number of ether oxygens (including phenoxy) is 1. The Kier molecular flexibility index (Phi) is 8.68. The minimum atomic E-state index is -0.256. The smallest absolute Gasteiger partial charge is 0.319 e. The summed E-state index contributed by atoms with van der Waals surface area (Å²) < 4.78 is 5.27. The lowest BCUT2D eigenvalue weighted by Crippen LogP contribution is -2.32. The second kappa shape index (κ2) is 11.0. The lowest BCUT2D eigenvalue weighted by Gasteiger charge is -2.13. The monoisotopic (exact) mass is 420 g/mol. The van der Waals surface area contributed by atoms with E-state index in [2.05, 4.69) is 36.6 Å². The van der Waals surface area contributed by atoms with Crippen LogP contribution in [0, 0.1) is 5.92 Å². The zero-order valence-corrected chi connectivity index (χ0v) is 17.9. The lowest BCUT2D eigenvalue weighted by molar-refractivity contribution is 0.250. The van der Waals surface area contributed by atoms with Gasteiger partial charge in [-0.3, -0.25) is 0 Å². The number of halogens is 2. The summed E-state index contributed by atoms with van der Waals surface area (Å²) >= 11 is 11.8. The van der Waals surface area contributed by atoms with Crippen molar-refractivity contribution in [3.8, 4) is 5.75 Å². The van der Waals surface area contributed by atoms with Crippen molar-refractivity contribution in [2.24, 2.45) is 5.92 Å². The van der Waals surface area contributed by atoms with Gasteiger partial charge in [-0.2, -0.15) is 0 Å². The van der Waals surface area contributed by atoms with Gasteiger partial charge in [0.15, 0.2) is 0 Å². The molecular weight excluding hydrogens is 395 g/mol. The van der Waals surface area contributed by atoms with Crippen molar-refractivity contribution < 1.29 is 9.53 Å². The molecule has 2 rings (SSSR count). The first-order valence-electron chi connectivity index (χ1n) is 9.20. The van der Waals surface area contributed by atoms with E-state index in [-0.39, 0.29) is 6.03 Å². The fourth-order valence-electron chi connectivity index (χ4n) is 2.69. The van der Waals surface area contributed by atoms with Gasteiger partial charge in [0, 0.05) is 12.2 Å². The van der Waals surface area contributed by atoms with Crippen molar-refractivity contribution in [1.82, 2.24) is 5.32 Å². The van der Waals surface area contributed by atoms with Crippen LogP contribution in [-0.4, -0.2) is 19.7 Å². The number of carbonyl (C=O) groups excluding carboxylic acids is 1. The highest BCUT2D eigenvalue weighted by molar-refractivity contribution is 6.42. The molecule has 0 aliphatic rings. The summed E-state index contributed by atoms with van der Waals surface area (Å²) in [5, 5.41) is 6.51. The topological polar surface area (TPSA) is 50.4 Å². The highest BCUT2D eigenvalue weighted by Crippen LogP contribution is 2.25. The third-order valence-corrected chi connectivity index (χ3v) is 5.16. The van der Waals surface area contributed by atoms with Gasteiger partial charge in [-0.05, 0) is 67.2 Å². The van der Waals surface area contributed by atoms with Crippen LogP contribution in [0.4, 0.5) is 10.5 Å². The van der Waals surface area contributed by atoms with Crippen molar-refractivity contribution in [3.63, 3.8) is 0 Å². The summed E-state index contributed by atoms with van der Waals surface area (Å²) in [6.07, 6.45) is 4.15. The van der Waals surface area contributed by atoms with E-state index in [4.69, 9.17) is 27.9 Å². The Balaban J connectivity index is 1.74. The quantitative estimate of drug-likeness (QED) is 0.502. The van der Waals surface area contributed by atoms with Crippen molar-refractivity contribution in [1.29, 1.82) is 0 Å². The second-order valence-corrected chi connectivity index (χ2v) is 7.58. The zero-order chi connectivity index (χ0) is 20.5. The van der Waals surface area contributed by atoms with Crippen LogP contribution in [0.2, 0.25) is 10.0 Å². The molecule has 2 amide bonds. The molecule has 28 heavy (non-hydrogen) atoms. The first-order chi connectivity index (χ1) is 13.4. The molecule has 150 valence electrons. The number of amides is 2. The Morgan fingerprint density at radius 3 is 2.68 bits per heavy atom. The molecule has 0 spiro atoms. The Bertz CT molecular complexity index is 837. The molecule has 0 saturated carbocycles. The van der Waals surface area contributed by atoms with Gasteiger partial charge in [0.25, 0.3) is 0 Å². The van der Waals surface area contributed by atoms with Crippen LogP contribution in [0.25, 0.3) is 5.57 Å². The van der Waals surface area contributed by atoms with Crippen molar-refractivity contribution in [3.05, 3.63) is 64.1 Å². The minimum absolute atomic E-state index is 0.256. The SMILES string of the molecule is COc1cccc(/C(C)=C/CCC(C)CNC(=O)Nc2ccc(Cl)c(Cl)c2)c1. The lowest BCUT2D eigenvalue weighted by atomic mass is 10.0. The number of urea groups is 1. The predicted octanol–water partition coefficient (Wildman–Crippen LogP) is 6.64. The summed E-state index contributed by atoms with van der Waals surface area (Å²) in [5.41, 5.74) is 2.99. The molecule has 0 saturated heterocycles. The molecule has 0 aromatic heterocycles. The van der Waals surface area contributed by atoms with Crippen molar-refractivity contribution in [2.45, 2.75) is 26.7 Å². The van der Waals surface area contributed by atoms with Crippen molar-refractivity contribution in [2.75, 3.05) is 19.0 Å². The van der Waals surface area contributed by atoms with Gasteiger partial charge in [0.2, 0.25) is 0 Å². The first-order valence-corrected chi connectivity index (χ1v) is 9.95. The Morgan fingerprint density at radius 2 is 1.96 bits per heavy atom. The number of allylic oxidation sites excluding steroid dienone is 2. The standard InChI is InChI=1S/C22H26Cl2N2O2/c1-15(6-4-7-16(2)17-8-5-9-19(12-17)28-3)14-25-22(27)26-18-10-11-20(23)21(24)13-18/h5,7-13,15H,4,6,14H2,1-3H3,(H2,25,26,27)/b16-7+. The second-order valence-electron chi connectivity index (χ2n) is 6.77. The van der Waals surface area contributed by atoms with Crippen LogP contribution in [-0.2, 0) is 0 Å². The fourth-order valence-corrected chi connectivity index (χ4v) is 2.99. The number of methoxy groups -OCH3 is 1. The normalized spacial score (nSPS) is 12.4. The van der Waals surface area contributed by atoms with Crippen molar-refractivity contribution >= 4 is 40.5 Å². The summed E-state index contributed by atoms with van der Waals surface area (Å²) in [7, 11) is 1.67. The summed E-state index contributed by atoms with van der Waals surface area (Å²) in [5.74, 6) is 1.21. The van der Waals surface area contributed by atoms with Crippen LogP contribution < -0.4 is 15.4 Å². The third kappa shape index (κ3) is 7.10. The maximum Gasteiger partial charge on any atom is 0.319 e. The van der Waals surface area contributed by atoms with E-state index in [0.29, 0.717) is 28.2 Å².